The molecule has 0 heterocycles. The van der Waals surface area contributed by atoms with Gasteiger partial charge in [0.25, 0.3) is 0 Å². The van der Waals surface area contributed by atoms with Gasteiger partial charge in [0.15, 0.2) is 5.75 Å². The molecule has 0 fully saturated rings. The Balaban J connectivity index is 2.00. The Morgan fingerprint density at radius 2 is 1.31 bits per heavy atom. The molecule has 0 aromatic heterocycles. The molecule has 0 aliphatic carbocycles. The van der Waals surface area contributed by atoms with E-state index in [0.717, 1.165) is 17.7 Å². The largest absolute Gasteiger partial charge is 0.433 e. The Kier molecular flexibility index (Phi) is 5.18. The van der Waals surface area contributed by atoms with Crippen molar-refractivity contribution < 1.29 is 26.1 Å². The van der Waals surface area contributed by atoms with Crippen LogP contribution in [0.2, 0.25) is 0 Å². The fourth-order valence-corrected chi connectivity index (χ4v) is 3.49. The summed E-state index contributed by atoms with van der Waals surface area (Å²) in [5.41, 5.74) is 1.32. The lowest BCUT2D eigenvalue weighted by atomic mass is 10.1. The van der Waals surface area contributed by atoms with Crippen molar-refractivity contribution in [1.29, 1.82) is 0 Å². The third kappa shape index (κ3) is 4.00. The molecule has 3 aromatic rings. The molecule has 0 radical (unpaired) electrons. The minimum atomic E-state index is -4.38. The summed E-state index contributed by atoms with van der Waals surface area (Å²) in [6, 6.07) is 20.7. The van der Waals surface area contributed by atoms with Crippen LogP contribution in [0, 0.1) is 0 Å². The molecule has 0 amide bonds. The summed E-state index contributed by atoms with van der Waals surface area (Å²) in [6.07, 6.45) is 0. The maximum absolute atomic E-state index is 12.6. The fourth-order valence-electron chi connectivity index (χ4n) is 2.41. The highest BCUT2D eigenvalue weighted by Crippen LogP contribution is 2.33. The number of alkyl halides is 2. The summed E-state index contributed by atoms with van der Waals surface area (Å²) in [6.45, 7) is -3.15. The molecular formula is C19H14F2O4S. The second-order valence-corrected chi connectivity index (χ2v) is 6.74. The van der Waals surface area contributed by atoms with E-state index in [1.807, 2.05) is 30.3 Å². The van der Waals surface area contributed by atoms with Crippen LogP contribution in [0.15, 0.2) is 83.8 Å². The van der Waals surface area contributed by atoms with E-state index >= 15 is 0 Å². The van der Waals surface area contributed by atoms with E-state index in [1.165, 1.54) is 18.2 Å². The molecule has 3 rings (SSSR count). The van der Waals surface area contributed by atoms with Crippen LogP contribution in [-0.4, -0.2) is 15.0 Å². The highest BCUT2D eigenvalue weighted by molar-refractivity contribution is 7.87. The Hall–Kier alpha value is -2.93. The molecule has 0 saturated heterocycles. The molecule has 4 nitrogen and oxygen atoms in total. The lowest BCUT2D eigenvalue weighted by Gasteiger charge is -2.14. The van der Waals surface area contributed by atoms with Crippen LogP contribution in [0.1, 0.15) is 0 Å². The van der Waals surface area contributed by atoms with Crippen LogP contribution >= 0.6 is 0 Å². The minimum Gasteiger partial charge on any atom is -0.433 e. The molecule has 26 heavy (non-hydrogen) atoms. The van der Waals surface area contributed by atoms with Gasteiger partial charge >= 0.3 is 16.7 Å². The zero-order valence-corrected chi connectivity index (χ0v) is 14.2. The number of benzene rings is 3. The maximum atomic E-state index is 12.6. The van der Waals surface area contributed by atoms with Crippen molar-refractivity contribution in [2.45, 2.75) is 11.5 Å². The van der Waals surface area contributed by atoms with Gasteiger partial charge in [-0.3, -0.25) is 0 Å². The quantitative estimate of drug-likeness (QED) is 0.584. The van der Waals surface area contributed by atoms with Crippen molar-refractivity contribution in [3.05, 3.63) is 78.9 Å². The maximum Gasteiger partial charge on any atom is 0.387 e. The summed E-state index contributed by atoms with van der Waals surface area (Å²) in [4.78, 5) is -0.469. The molecule has 0 atom stereocenters. The molecule has 7 heteroatoms. The molecule has 0 aliphatic rings. The lowest BCUT2D eigenvalue weighted by Crippen LogP contribution is -2.13. The van der Waals surface area contributed by atoms with Crippen molar-refractivity contribution in [3.63, 3.8) is 0 Å². The van der Waals surface area contributed by atoms with E-state index in [0.29, 0.717) is 5.56 Å². The molecule has 0 N–H and O–H groups in total. The first-order chi connectivity index (χ1) is 12.5. The van der Waals surface area contributed by atoms with Crippen LogP contribution in [0.5, 0.6) is 11.5 Å². The Bertz CT molecular complexity index is 989. The number of hydrogen-bond donors (Lipinski definition) is 0. The van der Waals surface area contributed by atoms with Gasteiger partial charge in [-0.05, 0) is 23.8 Å². The summed E-state index contributed by atoms with van der Waals surface area (Å²) in [7, 11) is -4.38. The molecule has 0 bridgehead atoms. The van der Waals surface area contributed by atoms with Gasteiger partial charge in [-0.1, -0.05) is 60.7 Å². The van der Waals surface area contributed by atoms with Gasteiger partial charge in [0.2, 0.25) is 0 Å². The van der Waals surface area contributed by atoms with E-state index in [1.54, 1.807) is 18.2 Å². The monoisotopic (exact) mass is 376 g/mol. The normalized spacial score (nSPS) is 11.3. The van der Waals surface area contributed by atoms with Gasteiger partial charge in [0.05, 0.1) is 0 Å². The lowest BCUT2D eigenvalue weighted by molar-refractivity contribution is -0.0517. The molecule has 0 unspecified atom stereocenters. The number of hydrogen-bond acceptors (Lipinski definition) is 4. The Morgan fingerprint density at radius 1 is 0.731 bits per heavy atom. The predicted molar refractivity (Wildman–Crippen MR) is 92.8 cm³/mol. The van der Waals surface area contributed by atoms with Crippen molar-refractivity contribution in [1.82, 2.24) is 0 Å². The first-order valence-electron chi connectivity index (χ1n) is 7.60. The molecule has 3 aromatic carbocycles. The van der Waals surface area contributed by atoms with Crippen molar-refractivity contribution >= 4 is 10.1 Å². The highest BCUT2D eigenvalue weighted by Gasteiger charge is 2.24. The SMILES string of the molecule is O=S(=O)(Oc1ccccc1-c1ccccc1)c1ccccc1OC(F)F. The average Bonchev–Trinajstić information content (AvgIpc) is 2.62. The highest BCUT2D eigenvalue weighted by atomic mass is 32.2. The van der Waals surface area contributed by atoms with Crippen molar-refractivity contribution in [3.8, 4) is 22.6 Å². The third-order valence-electron chi connectivity index (χ3n) is 3.51. The van der Waals surface area contributed by atoms with Crippen LogP contribution in [0.25, 0.3) is 11.1 Å². The predicted octanol–water partition coefficient (Wildman–Crippen LogP) is 4.72. The Morgan fingerprint density at radius 3 is 2.00 bits per heavy atom. The first kappa shape index (κ1) is 17.9. The average molecular weight is 376 g/mol. The third-order valence-corrected chi connectivity index (χ3v) is 4.78. The molecular weight excluding hydrogens is 362 g/mol. The smallest absolute Gasteiger partial charge is 0.387 e. The van der Waals surface area contributed by atoms with Gasteiger partial charge in [0, 0.05) is 5.56 Å². The number of halogens is 2. The van der Waals surface area contributed by atoms with E-state index in [2.05, 4.69) is 4.74 Å². The van der Waals surface area contributed by atoms with Crippen molar-refractivity contribution in [2.24, 2.45) is 0 Å². The molecule has 0 saturated carbocycles. The van der Waals surface area contributed by atoms with Crippen LogP contribution < -0.4 is 8.92 Å². The zero-order chi connectivity index (χ0) is 18.6. The van der Waals surface area contributed by atoms with E-state index in [4.69, 9.17) is 4.18 Å². The van der Waals surface area contributed by atoms with Crippen molar-refractivity contribution in [2.75, 3.05) is 0 Å². The standard InChI is InChI=1S/C19H14F2O4S/c20-19(21)24-17-12-6-7-13-18(17)26(22,23)25-16-11-5-4-10-15(16)14-8-2-1-3-9-14/h1-13,19H. The van der Waals surface area contributed by atoms with Crippen LogP contribution in [0.3, 0.4) is 0 Å². The second-order valence-electron chi connectivity index (χ2n) is 5.22. The number of para-hydroxylation sites is 2. The zero-order valence-electron chi connectivity index (χ0n) is 13.4. The summed E-state index contributed by atoms with van der Waals surface area (Å²) in [5, 5.41) is 0. The van der Waals surface area contributed by atoms with Gasteiger partial charge in [-0.2, -0.15) is 17.2 Å². The summed E-state index contributed by atoms with van der Waals surface area (Å²) < 4.78 is 59.9. The van der Waals surface area contributed by atoms with Gasteiger partial charge in [-0.25, -0.2) is 0 Å². The molecule has 134 valence electrons. The summed E-state index contributed by atoms with van der Waals surface area (Å²) in [5.74, 6) is -0.384. The van der Waals surface area contributed by atoms with Crippen LogP contribution in [0.4, 0.5) is 8.78 Å². The van der Waals surface area contributed by atoms with Gasteiger partial charge < -0.3 is 8.92 Å². The fraction of sp³-hybridized carbons (Fsp3) is 0.0526. The number of rotatable bonds is 6. The molecule has 0 spiro atoms. The topological polar surface area (TPSA) is 52.6 Å². The van der Waals surface area contributed by atoms with E-state index < -0.39 is 27.4 Å². The minimum absolute atomic E-state index is 0.0885. The molecule has 0 aliphatic heterocycles. The van der Waals surface area contributed by atoms with Gasteiger partial charge in [-0.15, -0.1) is 0 Å². The number of ether oxygens (including phenoxy) is 1. The first-order valence-corrected chi connectivity index (χ1v) is 9.01. The Labute approximate surface area is 149 Å². The van der Waals surface area contributed by atoms with E-state index in [-0.39, 0.29) is 5.75 Å². The van der Waals surface area contributed by atoms with Crippen LogP contribution in [-0.2, 0) is 10.1 Å². The van der Waals surface area contributed by atoms with E-state index in [9.17, 15) is 17.2 Å². The second kappa shape index (κ2) is 7.53. The summed E-state index contributed by atoms with van der Waals surface area (Å²) >= 11 is 0. The van der Waals surface area contributed by atoms with Gasteiger partial charge in [0.1, 0.15) is 10.6 Å².